The molecule has 3 aliphatic rings. The van der Waals surface area contributed by atoms with E-state index < -0.39 is 0 Å². The summed E-state index contributed by atoms with van der Waals surface area (Å²) in [7, 11) is 1.85. The van der Waals surface area contributed by atoms with Gasteiger partial charge in [-0.3, -0.25) is 4.99 Å². The van der Waals surface area contributed by atoms with E-state index in [1.807, 2.05) is 7.05 Å². The molecule has 0 aromatic heterocycles. The minimum atomic E-state index is 0.146. The molecule has 0 aliphatic carbocycles. The minimum Gasteiger partial charge on any atom is -0.375 e. The number of nitrogens with zero attached hydrogens (tertiary/aromatic N) is 3. The second-order valence-electron chi connectivity index (χ2n) is 7.35. The molecular weight excluding hydrogens is 340 g/mol. The molecule has 4 rings (SSSR count). The van der Waals surface area contributed by atoms with Gasteiger partial charge in [0.25, 0.3) is 0 Å². The van der Waals surface area contributed by atoms with Gasteiger partial charge in [0.15, 0.2) is 5.96 Å². The normalized spacial score (nSPS) is 26.0. The van der Waals surface area contributed by atoms with Gasteiger partial charge in [0.2, 0.25) is 0 Å². The van der Waals surface area contributed by atoms with Crippen molar-refractivity contribution in [3.63, 3.8) is 0 Å². The number of morpholine rings is 1. The molecule has 0 amide bonds. The SMILES string of the molecule is CN=C(NCc1ccc(N2CC=CC2)cc1)N1CCOC(C2CCCO2)C1. The number of guanidine groups is 1. The molecular formula is C21H30N4O2. The summed E-state index contributed by atoms with van der Waals surface area (Å²) in [6, 6.07) is 8.80. The largest absolute Gasteiger partial charge is 0.375 e. The Balaban J connectivity index is 1.30. The van der Waals surface area contributed by atoms with Gasteiger partial charge in [-0.25, -0.2) is 0 Å². The average Bonchev–Trinajstić information content (AvgIpc) is 3.43. The molecule has 3 aliphatic heterocycles. The highest BCUT2D eigenvalue weighted by atomic mass is 16.5. The number of hydrogen-bond acceptors (Lipinski definition) is 4. The zero-order chi connectivity index (χ0) is 18.5. The van der Waals surface area contributed by atoms with Crippen LogP contribution in [0.3, 0.4) is 0 Å². The third kappa shape index (κ3) is 4.45. The zero-order valence-electron chi connectivity index (χ0n) is 16.1. The topological polar surface area (TPSA) is 49.3 Å². The van der Waals surface area contributed by atoms with Crippen molar-refractivity contribution < 1.29 is 9.47 Å². The molecule has 1 aromatic rings. The molecule has 1 aromatic carbocycles. The summed E-state index contributed by atoms with van der Waals surface area (Å²) in [5.74, 6) is 0.939. The lowest BCUT2D eigenvalue weighted by Crippen LogP contribution is -2.53. The number of rotatable bonds is 4. The van der Waals surface area contributed by atoms with Crippen LogP contribution >= 0.6 is 0 Å². The van der Waals surface area contributed by atoms with Crippen LogP contribution in [0.25, 0.3) is 0 Å². The molecule has 6 heteroatoms. The van der Waals surface area contributed by atoms with Crippen molar-refractivity contribution >= 4 is 11.6 Å². The fourth-order valence-corrected chi connectivity index (χ4v) is 4.02. The molecule has 3 heterocycles. The van der Waals surface area contributed by atoms with Crippen molar-refractivity contribution in [3.8, 4) is 0 Å². The first kappa shape index (κ1) is 18.3. The first-order chi connectivity index (χ1) is 13.3. The molecule has 2 saturated heterocycles. The van der Waals surface area contributed by atoms with Crippen molar-refractivity contribution in [2.45, 2.75) is 31.6 Å². The standard InChI is InChI=1S/C21H30N4O2/c1-22-21(25-12-14-27-20(16-25)19-5-4-13-26-19)23-15-17-6-8-18(9-7-17)24-10-2-3-11-24/h2-3,6-9,19-20H,4-5,10-16H2,1H3,(H,22,23). The van der Waals surface area contributed by atoms with Gasteiger partial charge >= 0.3 is 0 Å². The Bertz CT molecular complexity index is 659. The van der Waals surface area contributed by atoms with Crippen LogP contribution in [-0.4, -0.2) is 69.5 Å². The second kappa shape index (κ2) is 8.76. The molecule has 0 saturated carbocycles. The first-order valence-corrected chi connectivity index (χ1v) is 10.0. The van der Waals surface area contributed by atoms with Crippen LogP contribution < -0.4 is 10.2 Å². The lowest BCUT2D eigenvalue weighted by atomic mass is 10.1. The Morgan fingerprint density at radius 3 is 2.59 bits per heavy atom. The summed E-state index contributed by atoms with van der Waals surface area (Å²) < 4.78 is 11.8. The molecule has 27 heavy (non-hydrogen) atoms. The van der Waals surface area contributed by atoms with Crippen LogP contribution in [0.2, 0.25) is 0 Å². The molecule has 0 bridgehead atoms. The number of benzene rings is 1. The van der Waals surface area contributed by atoms with Crippen molar-refractivity contribution in [1.29, 1.82) is 0 Å². The summed E-state index contributed by atoms with van der Waals surface area (Å²) in [4.78, 5) is 9.14. The number of anilines is 1. The fraction of sp³-hybridized carbons (Fsp3) is 0.571. The van der Waals surface area contributed by atoms with E-state index in [0.717, 1.165) is 64.7 Å². The van der Waals surface area contributed by atoms with Gasteiger partial charge in [0.05, 0.1) is 12.7 Å². The quantitative estimate of drug-likeness (QED) is 0.499. The summed E-state index contributed by atoms with van der Waals surface area (Å²) in [6.07, 6.45) is 7.05. The molecule has 0 spiro atoms. The van der Waals surface area contributed by atoms with Crippen LogP contribution in [0, 0.1) is 0 Å². The van der Waals surface area contributed by atoms with E-state index in [1.54, 1.807) is 0 Å². The van der Waals surface area contributed by atoms with E-state index in [2.05, 4.69) is 56.5 Å². The maximum atomic E-state index is 5.95. The maximum Gasteiger partial charge on any atom is 0.194 e. The third-order valence-corrected chi connectivity index (χ3v) is 5.55. The summed E-state index contributed by atoms with van der Waals surface area (Å²) in [5.41, 5.74) is 2.54. The summed E-state index contributed by atoms with van der Waals surface area (Å²) in [6.45, 7) is 6.08. The van der Waals surface area contributed by atoms with Gasteiger partial charge in [0.1, 0.15) is 6.10 Å². The second-order valence-corrected chi connectivity index (χ2v) is 7.35. The van der Waals surface area contributed by atoms with E-state index in [1.165, 1.54) is 11.3 Å². The van der Waals surface area contributed by atoms with E-state index in [-0.39, 0.29) is 12.2 Å². The Hall–Kier alpha value is -2.05. The number of nitrogens with one attached hydrogen (secondary N) is 1. The number of hydrogen-bond donors (Lipinski definition) is 1. The monoisotopic (exact) mass is 370 g/mol. The van der Waals surface area contributed by atoms with Crippen molar-refractivity contribution in [3.05, 3.63) is 42.0 Å². The molecule has 2 fully saturated rings. The zero-order valence-corrected chi connectivity index (χ0v) is 16.1. The highest BCUT2D eigenvalue weighted by molar-refractivity contribution is 5.80. The van der Waals surface area contributed by atoms with E-state index in [0.29, 0.717) is 0 Å². The van der Waals surface area contributed by atoms with Gasteiger partial charge in [-0.1, -0.05) is 24.3 Å². The van der Waals surface area contributed by atoms with Gasteiger partial charge in [-0.2, -0.15) is 0 Å². The fourth-order valence-electron chi connectivity index (χ4n) is 4.02. The highest BCUT2D eigenvalue weighted by Gasteiger charge is 2.32. The Morgan fingerprint density at radius 2 is 1.89 bits per heavy atom. The first-order valence-electron chi connectivity index (χ1n) is 10.0. The van der Waals surface area contributed by atoms with Gasteiger partial charge in [-0.05, 0) is 30.5 Å². The average molecular weight is 370 g/mol. The van der Waals surface area contributed by atoms with Crippen LogP contribution in [0.1, 0.15) is 18.4 Å². The van der Waals surface area contributed by atoms with Crippen LogP contribution in [0.4, 0.5) is 5.69 Å². The van der Waals surface area contributed by atoms with E-state index >= 15 is 0 Å². The number of ether oxygens (including phenoxy) is 2. The predicted octanol–water partition coefficient (Wildman–Crippen LogP) is 2.02. The molecule has 146 valence electrons. The molecule has 0 radical (unpaired) electrons. The van der Waals surface area contributed by atoms with Crippen LogP contribution in [0.15, 0.2) is 41.4 Å². The third-order valence-electron chi connectivity index (χ3n) is 5.55. The summed E-state index contributed by atoms with van der Waals surface area (Å²) in [5, 5.41) is 3.51. The minimum absolute atomic E-state index is 0.146. The van der Waals surface area contributed by atoms with Gasteiger partial charge in [-0.15, -0.1) is 0 Å². The molecule has 6 nitrogen and oxygen atoms in total. The summed E-state index contributed by atoms with van der Waals surface area (Å²) >= 11 is 0. The van der Waals surface area contributed by atoms with E-state index in [9.17, 15) is 0 Å². The smallest absolute Gasteiger partial charge is 0.194 e. The van der Waals surface area contributed by atoms with Gasteiger partial charge < -0.3 is 24.6 Å². The van der Waals surface area contributed by atoms with Gasteiger partial charge in [0, 0.05) is 52.1 Å². The van der Waals surface area contributed by atoms with Crippen LogP contribution in [0.5, 0.6) is 0 Å². The molecule has 2 atom stereocenters. The maximum absolute atomic E-state index is 5.95. The predicted molar refractivity (Wildman–Crippen MR) is 108 cm³/mol. The lowest BCUT2D eigenvalue weighted by molar-refractivity contribution is -0.0817. The van der Waals surface area contributed by atoms with Crippen molar-refractivity contribution in [2.24, 2.45) is 4.99 Å². The van der Waals surface area contributed by atoms with Crippen molar-refractivity contribution in [2.75, 3.05) is 51.3 Å². The molecule has 1 N–H and O–H groups in total. The molecule has 2 unspecified atom stereocenters. The number of aliphatic imine (C=N–C) groups is 1. The Kier molecular flexibility index (Phi) is 5.94. The van der Waals surface area contributed by atoms with Crippen LogP contribution in [-0.2, 0) is 16.0 Å². The lowest BCUT2D eigenvalue weighted by Gasteiger charge is -2.37. The highest BCUT2D eigenvalue weighted by Crippen LogP contribution is 2.21. The Labute approximate surface area is 161 Å². The van der Waals surface area contributed by atoms with E-state index in [4.69, 9.17) is 9.47 Å². The van der Waals surface area contributed by atoms with Crippen molar-refractivity contribution in [1.82, 2.24) is 10.2 Å². The Morgan fingerprint density at radius 1 is 1.11 bits per heavy atom.